The molecule has 1 aromatic rings. The third-order valence-electron chi connectivity index (χ3n) is 3.13. The van der Waals surface area contributed by atoms with E-state index in [1.165, 1.54) is 0 Å². The van der Waals surface area contributed by atoms with Crippen LogP contribution in [0.1, 0.15) is 31.2 Å². The van der Waals surface area contributed by atoms with Gasteiger partial charge in [0.1, 0.15) is 5.75 Å². The summed E-state index contributed by atoms with van der Waals surface area (Å²) in [4.78, 5) is 11.8. The van der Waals surface area contributed by atoms with Gasteiger partial charge in [-0.25, -0.2) is 0 Å². The number of ketones is 1. The van der Waals surface area contributed by atoms with Crippen molar-refractivity contribution < 1.29 is 9.53 Å². The Morgan fingerprint density at radius 1 is 1.35 bits per heavy atom. The predicted molar refractivity (Wildman–Crippen MR) is 66.8 cm³/mol. The van der Waals surface area contributed by atoms with E-state index in [1.54, 1.807) is 7.11 Å². The lowest BCUT2D eigenvalue weighted by Crippen LogP contribution is -2.07. The van der Waals surface area contributed by atoms with Gasteiger partial charge in [-0.05, 0) is 37.0 Å². The largest absolute Gasteiger partial charge is 0.497 e. The number of rotatable bonds is 2. The first-order valence-corrected chi connectivity index (χ1v) is 5.99. The molecule has 0 spiro atoms. The van der Waals surface area contributed by atoms with Crippen LogP contribution in [0.2, 0.25) is 0 Å². The second-order valence-electron chi connectivity index (χ2n) is 4.33. The maximum Gasteiger partial charge on any atom is 0.208 e. The lowest BCUT2D eigenvalue weighted by Gasteiger charge is -2.00. The molecule has 1 aromatic carbocycles. The molecular weight excluding hydrogens is 212 g/mol. The zero-order chi connectivity index (χ0) is 12.1. The van der Waals surface area contributed by atoms with E-state index in [0.29, 0.717) is 0 Å². The van der Waals surface area contributed by atoms with Crippen molar-refractivity contribution in [2.75, 3.05) is 7.11 Å². The van der Waals surface area contributed by atoms with E-state index in [4.69, 9.17) is 4.74 Å². The van der Waals surface area contributed by atoms with Crippen molar-refractivity contribution in [3.63, 3.8) is 0 Å². The normalized spacial score (nSPS) is 15.1. The highest BCUT2D eigenvalue weighted by atomic mass is 16.5. The van der Waals surface area contributed by atoms with Crippen LogP contribution < -0.4 is 4.74 Å². The maximum absolute atomic E-state index is 11.8. The molecule has 1 aliphatic rings. The molecule has 0 aromatic heterocycles. The summed E-state index contributed by atoms with van der Waals surface area (Å²) in [5.74, 6) is 6.70. The Labute approximate surface area is 102 Å². The molecule has 0 heterocycles. The van der Waals surface area contributed by atoms with Crippen molar-refractivity contribution in [3.05, 3.63) is 29.8 Å². The first-order valence-electron chi connectivity index (χ1n) is 5.99. The summed E-state index contributed by atoms with van der Waals surface area (Å²) in [7, 11) is 1.62. The highest BCUT2D eigenvalue weighted by Gasteiger charge is 2.20. The molecule has 0 unspecified atom stereocenters. The number of benzene rings is 1. The highest BCUT2D eigenvalue weighted by Crippen LogP contribution is 2.25. The van der Waals surface area contributed by atoms with Crippen molar-refractivity contribution in [2.24, 2.45) is 5.92 Å². The number of Topliss-reactive ketones (excluding diaryl/α,β-unsaturated/α-hetero) is 1. The van der Waals surface area contributed by atoms with Gasteiger partial charge in [-0.3, -0.25) is 4.79 Å². The van der Waals surface area contributed by atoms with Crippen molar-refractivity contribution in [3.8, 4) is 17.6 Å². The van der Waals surface area contributed by atoms with E-state index in [9.17, 15) is 4.79 Å². The molecule has 0 bridgehead atoms. The Morgan fingerprint density at radius 2 is 2.12 bits per heavy atom. The number of carbonyl (C=O) groups excluding carboxylic acids is 1. The molecule has 0 aliphatic heterocycles. The summed E-state index contributed by atoms with van der Waals surface area (Å²) in [5, 5.41) is 0. The monoisotopic (exact) mass is 228 g/mol. The van der Waals surface area contributed by atoms with Gasteiger partial charge in [-0.15, -0.1) is 0 Å². The zero-order valence-corrected chi connectivity index (χ0v) is 10.0. The van der Waals surface area contributed by atoms with Gasteiger partial charge in [-0.2, -0.15) is 0 Å². The number of hydrogen-bond acceptors (Lipinski definition) is 2. The third-order valence-corrected chi connectivity index (χ3v) is 3.13. The van der Waals surface area contributed by atoms with Crippen LogP contribution in [0.25, 0.3) is 0 Å². The summed E-state index contributed by atoms with van der Waals surface area (Å²) < 4.78 is 5.11. The maximum atomic E-state index is 11.8. The second kappa shape index (κ2) is 5.54. The third kappa shape index (κ3) is 3.10. The summed E-state index contributed by atoms with van der Waals surface area (Å²) in [6.07, 6.45) is 4.34. The average Bonchev–Trinajstić information content (AvgIpc) is 2.90. The second-order valence-corrected chi connectivity index (χ2v) is 4.33. The van der Waals surface area contributed by atoms with Crippen LogP contribution in [0.4, 0.5) is 0 Å². The highest BCUT2D eigenvalue weighted by molar-refractivity contribution is 5.97. The Balaban J connectivity index is 2.06. The molecule has 0 N–H and O–H groups in total. The summed E-state index contributed by atoms with van der Waals surface area (Å²) >= 11 is 0. The quantitative estimate of drug-likeness (QED) is 0.727. The van der Waals surface area contributed by atoms with E-state index < -0.39 is 0 Å². The van der Waals surface area contributed by atoms with Crippen LogP contribution in [-0.4, -0.2) is 12.9 Å². The minimum Gasteiger partial charge on any atom is -0.497 e. The van der Waals surface area contributed by atoms with Gasteiger partial charge in [0.25, 0.3) is 0 Å². The molecule has 17 heavy (non-hydrogen) atoms. The van der Waals surface area contributed by atoms with E-state index in [1.807, 2.05) is 24.3 Å². The van der Waals surface area contributed by atoms with Gasteiger partial charge in [-0.1, -0.05) is 24.8 Å². The predicted octanol–water partition coefficient (Wildman–Crippen LogP) is 2.81. The first kappa shape index (κ1) is 11.7. The molecular formula is C15H16O2. The molecule has 2 nitrogen and oxygen atoms in total. The fraction of sp³-hybridized carbons (Fsp3) is 0.400. The molecule has 1 aliphatic carbocycles. The average molecular weight is 228 g/mol. The van der Waals surface area contributed by atoms with Crippen LogP contribution >= 0.6 is 0 Å². The Hall–Kier alpha value is -1.75. The fourth-order valence-electron chi connectivity index (χ4n) is 2.12. The zero-order valence-electron chi connectivity index (χ0n) is 10.0. The van der Waals surface area contributed by atoms with Crippen LogP contribution in [0.15, 0.2) is 24.3 Å². The molecule has 2 heteroatoms. The minimum absolute atomic E-state index is 0.0883. The lowest BCUT2D eigenvalue weighted by atomic mass is 10.0. The van der Waals surface area contributed by atoms with Crippen molar-refractivity contribution in [2.45, 2.75) is 25.7 Å². The number of methoxy groups -OCH3 is 1. The van der Waals surface area contributed by atoms with E-state index in [0.717, 1.165) is 37.0 Å². The molecule has 1 fully saturated rings. The Bertz CT molecular complexity index is 459. The van der Waals surface area contributed by atoms with E-state index >= 15 is 0 Å². The number of ether oxygens (including phenoxy) is 1. The molecule has 0 saturated heterocycles. The molecule has 88 valence electrons. The molecule has 0 radical (unpaired) electrons. The summed E-state index contributed by atoms with van der Waals surface area (Å²) in [6.45, 7) is 0. The van der Waals surface area contributed by atoms with Gasteiger partial charge in [0.15, 0.2) is 0 Å². The molecule has 1 saturated carbocycles. The summed E-state index contributed by atoms with van der Waals surface area (Å²) in [6, 6.07) is 7.47. The Kier molecular flexibility index (Phi) is 3.82. The molecule has 0 amide bonds. The lowest BCUT2D eigenvalue weighted by molar-refractivity contribution is -0.117. The van der Waals surface area contributed by atoms with Crippen molar-refractivity contribution in [1.82, 2.24) is 0 Å². The minimum atomic E-state index is 0.0883. The molecule has 0 atom stereocenters. The smallest absolute Gasteiger partial charge is 0.208 e. The van der Waals surface area contributed by atoms with Gasteiger partial charge in [0.05, 0.1) is 7.11 Å². The van der Waals surface area contributed by atoms with Crippen LogP contribution in [0.5, 0.6) is 5.75 Å². The van der Waals surface area contributed by atoms with Gasteiger partial charge in [0, 0.05) is 11.5 Å². The van der Waals surface area contributed by atoms with Crippen LogP contribution in [0.3, 0.4) is 0 Å². The van der Waals surface area contributed by atoms with Gasteiger partial charge in [0.2, 0.25) is 5.78 Å². The SMILES string of the molecule is COc1cccc(C#CC(=O)C2CCCC2)c1. The van der Waals surface area contributed by atoms with E-state index in [2.05, 4.69) is 11.8 Å². The van der Waals surface area contributed by atoms with Crippen molar-refractivity contribution >= 4 is 5.78 Å². The fourth-order valence-corrected chi connectivity index (χ4v) is 2.12. The number of carbonyl (C=O) groups is 1. The van der Waals surface area contributed by atoms with E-state index in [-0.39, 0.29) is 11.7 Å². The molecule has 2 rings (SSSR count). The van der Waals surface area contributed by atoms with Gasteiger partial charge >= 0.3 is 0 Å². The van der Waals surface area contributed by atoms with Crippen molar-refractivity contribution in [1.29, 1.82) is 0 Å². The van der Waals surface area contributed by atoms with Gasteiger partial charge < -0.3 is 4.74 Å². The Morgan fingerprint density at radius 3 is 2.82 bits per heavy atom. The van der Waals surface area contributed by atoms with Crippen LogP contribution in [0, 0.1) is 17.8 Å². The number of hydrogen-bond donors (Lipinski definition) is 0. The first-order chi connectivity index (χ1) is 8.29. The summed E-state index contributed by atoms with van der Waals surface area (Å²) in [5.41, 5.74) is 0.829. The standard InChI is InChI=1S/C15H16O2/c1-17-14-8-4-5-12(11-14)9-10-15(16)13-6-2-3-7-13/h4-5,8,11,13H,2-3,6-7H2,1H3. The topological polar surface area (TPSA) is 26.3 Å². The van der Waals surface area contributed by atoms with Crippen LogP contribution in [-0.2, 0) is 4.79 Å².